The second-order valence-corrected chi connectivity index (χ2v) is 6.56. The minimum Gasteiger partial charge on any atom is -0.465 e. The number of benzene rings is 3. The highest BCUT2D eigenvalue weighted by molar-refractivity contribution is 6.08. The third-order valence-electron chi connectivity index (χ3n) is 4.36. The van der Waals surface area contributed by atoms with Gasteiger partial charge in [-0.2, -0.15) is 0 Å². The first kappa shape index (κ1) is 22.2. The molecule has 0 aliphatic heterocycles. The second-order valence-electron chi connectivity index (χ2n) is 6.56. The van der Waals surface area contributed by atoms with Gasteiger partial charge in [0.15, 0.2) is 6.61 Å². The molecule has 0 fully saturated rings. The molecule has 0 heterocycles. The number of para-hydroxylation sites is 1. The summed E-state index contributed by atoms with van der Waals surface area (Å²) in [6.07, 6.45) is 0. The Bertz CT molecular complexity index is 1130. The van der Waals surface area contributed by atoms with Gasteiger partial charge in [-0.25, -0.2) is 9.59 Å². The Hall–Kier alpha value is -4.46. The van der Waals surface area contributed by atoms with Gasteiger partial charge in [0, 0.05) is 11.3 Å². The van der Waals surface area contributed by atoms with Gasteiger partial charge in [0.2, 0.25) is 0 Å². The number of carbonyl (C=O) groups is 4. The molecule has 0 saturated carbocycles. The van der Waals surface area contributed by atoms with Crippen LogP contribution in [0.4, 0.5) is 11.4 Å². The summed E-state index contributed by atoms with van der Waals surface area (Å²) in [4.78, 5) is 48.4. The number of nitrogens with one attached hydrogen (secondary N) is 2. The van der Waals surface area contributed by atoms with Crippen LogP contribution in [0.25, 0.3) is 0 Å². The van der Waals surface area contributed by atoms with Crippen LogP contribution >= 0.6 is 0 Å². The molecule has 0 bridgehead atoms. The maximum Gasteiger partial charge on any atom is 0.340 e. The van der Waals surface area contributed by atoms with Gasteiger partial charge in [0.1, 0.15) is 0 Å². The summed E-state index contributed by atoms with van der Waals surface area (Å²) in [5.74, 6) is -2.19. The topological polar surface area (TPSA) is 111 Å². The predicted octanol–water partition coefficient (Wildman–Crippen LogP) is 3.52. The normalized spacial score (nSPS) is 10.0. The summed E-state index contributed by atoms with van der Waals surface area (Å²) in [6.45, 7) is -0.529. The van der Waals surface area contributed by atoms with Gasteiger partial charge in [-0.3, -0.25) is 9.59 Å². The lowest BCUT2D eigenvalue weighted by Crippen LogP contribution is -2.22. The van der Waals surface area contributed by atoms with Crippen molar-refractivity contribution in [3.05, 3.63) is 95.6 Å². The number of esters is 2. The quantitative estimate of drug-likeness (QED) is 0.553. The van der Waals surface area contributed by atoms with Crippen molar-refractivity contribution >= 4 is 35.1 Å². The zero-order valence-electron chi connectivity index (χ0n) is 17.2. The molecule has 0 aliphatic rings. The second kappa shape index (κ2) is 10.5. The summed E-state index contributed by atoms with van der Waals surface area (Å²) in [7, 11) is 1.28. The van der Waals surface area contributed by atoms with Crippen LogP contribution in [0.1, 0.15) is 31.1 Å². The van der Waals surface area contributed by atoms with Gasteiger partial charge in [0.25, 0.3) is 11.8 Å². The number of rotatable bonds is 7. The summed E-state index contributed by atoms with van der Waals surface area (Å²) in [5.41, 5.74) is 1.59. The van der Waals surface area contributed by atoms with Crippen molar-refractivity contribution in [1.82, 2.24) is 0 Å². The molecule has 2 amide bonds. The maximum atomic E-state index is 12.5. The van der Waals surface area contributed by atoms with E-state index in [4.69, 9.17) is 4.74 Å². The molecule has 3 aromatic carbocycles. The molecular formula is C24H20N2O6. The molecule has 2 N–H and O–H groups in total. The number of methoxy groups -OCH3 is 1. The monoisotopic (exact) mass is 432 g/mol. The number of hydrogen-bond acceptors (Lipinski definition) is 6. The third kappa shape index (κ3) is 5.79. The van der Waals surface area contributed by atoms with Crippen molar-refractivity contribution in [1.29, 1.82) is 0 Å². The van der Waals surface area contributed by atoms with Gasteiger partial charge in [0.05, 0.1) is 23.9 Å². The van der Waals surface area contributed by atoms with Gasteiger partial charge in [-0.1, -0.05) is 30.3 Å². The maximum absolute atomic E-state index is 12.5. The Labute approximate surface area is 184 Å². The Kier molecular flexibility index (Phi) is 7.32. The minimum atomic E-state index is -0.759. The van der Waals surface area contributed by atoms with Gasteiger partial charge in [-0.15, -0.1) is 0 Å². The fourth-order valence-corrected chi connectivity index (χ4v) is 2.77. The number of ether oxygens (including phenoxy) is 2. The van der Waals surface area contributed by atoms with E-state index in [0.29, 0.717) is 16.8 Å². The smallest absolute Gasteiger partial charge is 0.340 e. The number of hydrogen-bond donors (Lipinski definition) is 2. The molecule has 162 valence electrons. The van der Waals surface area contributed by atoms with Crippen molar-refractivity contribution in [3.8, 4) is 0 Å². The van der Waals surface area contributed by atoms with Crippen molar-refractivity contribution in [2.24, 2.45) is 0 Å². The van der Waals surface area contributed by atoms with Crippen LogP contribution in [0.15, 0.2) is 78.9 Å². The molecule has 0 aliphatic carbocycles. The highest BCUT2D eigenvalue weighted by Crippen LogP contribution is 2.18. The molecule has 3 aromatic rings. The number of carbonyl (C=O) groups excluding carboxylic acids is 4. The molecule has 0 unspecified atom stereocenters. The van der Waals surface area contributed by atoms with E-state index in [1.54, 1.807) is 48.5 Å². The number of amides is 2. The Balaban J connectivity index is 1.58. The van der Waals surface area contributed by atoms with Crippen molar-refractivity contribution in [2.45, 2.75) is 0 Å². The van der Waals surface area contributed by atoms with Crippen LogP contribution in [0, 0.1) is 0 Å². The number of anilines is 2. The standard InChI is InChI=1S/C24H20N2O6/c1-31-23(29)17-11-13-18(14-12-17)25-21(27)15-32-24(30)19-9-5-6-10-20(19)26-22(28)16-7-3-2-4-8-16/h2-14H,15H2,1H3,(H,25,27)(H,26,28). The lowest BCUT2D eigenvalue weighted by Gasteiger charge is -2.11. The van der Waals surface area contributed by atoms with E-state index in [1.807, 2.05) is 0 Å². The average Bonchev–Trinajstić information content (AvgIpc) is 2.83. The van der Waals surface area contributed by atoms with Crippen LogP contribution in [-0.4, -0.2) is 37.5 Å². The summed E-state index contributed by atoms with van der Waals surface area (Å²) in [5, 5.41) is 5.24. The summed E-state index contributed by atoms with van der Waals surface area (Å²) in [6, 6.07) is 21.0. The summed E-state index contributed by atoms with van der Waals surface area (Å²) >= 11 is 0. The van der Waals surface area contributed by atoms with E-state index in [-0.39, 0.29) is 17.2 Å². The fourth-order valence-electron chi connectivity index (χ4n) is 2.77. The van der Waals surface area contributed by atoms with E-state index in [1.165, 1.54) is 37.4 Å². The van der Waals surface area contributed by atoms with E-state index in [9.17, 15) is 19.2 Å². The van der Waals surface area contributed by atoms with Crippen LogP contribution in [0.2, 0.25) is 0 Å². The molecule has 0 saturated heterocycles. The largest absolute Gasteiger partial charge is 0.465 e. The van der Waals surface area contributed by atoms with E-state index in [2.05, 4.69) is 15.4 Å². The van der Waals surface area contributed by atoms with Crippen LogP contribution < -0.4 is 10.6 Å². The first-order valence-corrected chi connectivity index (χ1v) is 9.58. The Morgan fingerprint density at radius 2 is 1.38 bits per heavy atom. The highest BCUT2D eigenvalue weighted by Gasteiger charge is 2.16. The first-order chi connectivity index (χ1) is 15.5. The fraction of sp³-hybridized carbons (Fsp3) is 0.0833. The van der Waals surface area contributed by atoms with Crippen molar-refractivity contribution in [2.75, 3.05) is 24.4 Å². The lowest BCUT2D eigenvalue weighted by molar-refractivity contribution is -0.119. The van der Waals surface area contributed by atoms with Crippen LogP contribution in [0.3, 0.4) is 0 Å². The van der Waals surface area contributed by atoms with E-state index in [0.717, 1.165) is 0 Å². The zero-order chi connectivity index (χ0) is 22.9. The SMILES string of the molecule is COC(=O)c1ccc(NC(=O)COC(=O)c2ccccc2NC(=O)c2ccccc2)cc1. The molecular weight excluding hydrogens is 412 g/mol. The summed E-state index contributed by atoms with van der Waals surface area (Å²) < 4.78 is 9.71. The Morgan fingerprint density at radius 3 is 2.06 bits per heavy atom. The molecule has 0 radical (unpaired) electrons. The lowest BCUT2D eigenvalue weighted by atomic mass is 10.1. The average molecular weight is 432 g/mol. The van der Waals surface area contributed by atoms with Crippen LogP contribution in [-0.2, 0) is 14.3 Å². The predicted molar refractivity (Wildman–Crippen MR) is 118 cm³/mol. The molecule has 8 nitrogen and oxygen atoms in total. The molecule has 0 spiro atoms. The first-order valence-electron chi connectivity index (χ1n) is 9.58. The third-order valence-corrected chi connectivity index (χ3v) is 4.36. The van der Waals surface area contributed by atoms with Gasteiger partial charge in [-0.05, 0) is 48.5 Å². The molecule has 8 heteroatoms. The molecule has 0 atom stereocenters. The van der Waals surface area contributed by atoms with E-state index < -0.39 is 24.5 Å². The molecule has 3 rings (SSSR count). The van der Waals surface area contributed by atoms with Gasteiger partial charge < -0.3 is 20.1 Å². The highest BCUT2D eigenvalue weighted by atomic mass is 16.5. The minimum absolute atomic E-state index is 0.118. The molecule has 32 heavy (non-hydrogen) atoms. The van der Waals surface area contributed by atoms with Crippen LogP contribution in [0.5, 0.6) is 0 Å². The zero-order valence-corrected chi connectivity index (χ0v) is 17.2. The van der Waals surface area contributed by atoms with Gasteiger partial charge >= 0.3 is 11.9 Å². The molecule has 0 aromatic heterocycles. The Morgan fingerprint density at radius 1 is 0.719 bits per heavy atom. The van der Waals surface area contributed by atoms with Crippen molar-refractivity contribution in [3.63, 3.8) is 0 Å². The van der Waals surface area contributed by atoms with Crippen molar-refractivity contribution < 1.29 is 28.7 Å². The van der Waals surface area contributed by atoms with E-state index >= 15 is 0 Å².